The fourth-order valence-corrected chi connectivity index (χ4v) is 3.76. The Labute approximate surface area is 127 Å². The number of carbonyl (C=O) groups is 2. The van der Waals surface area contributed by atoms with Crippen molar-refractivity contribution in [3.05, 3.63) is 10.6 Å². The summed E-state index contributed by atoms with van der Waals surface area (Å²) in [6.07, 6.45) is 2.60. The summed E-state index contributed by atoms with van der Waals surface area (Å²) < 4.78 is 10.8. The third-order valence-electron chi connectivity index (χ3n) is 3.72. The molecule has 3 rings (SSSR count). The lowest BCUT2D eigenvalue weighted by atomic mass is 10.2. The van der Waals surface area contributed by atoms with E-state index in [9.17, 15) is 9.59 Å². The van der Waals surface area contributed by atoms with Crippen molar-refractivity contribution >= 4 is 28.2 Å². The average Bonchev–Trinajstić information content (AvgIpc) is 3.03. The van der Waals surface area contributed by atoms with E-state index < -0.39 is 5.97 Å². The van der Waals surface area contributed by atoms with Gasteiger partial charge in [0.05, 0.1) is 18.8 Å². The Hall–Kier alpha value is -1.47. The van der Waals surface area contributed by atoms with Gasteiger partial charge in [-0.15, -0.1) is 0 Å². The Bertz CT molecular complexity index is 559. The van der Waals surface area contributed by atoms with Crippen LogP contribution in [0.2, 0.25) is 0 Å². The van der Waals surface area contributed by atoms with Gasteiger partial charge in [-0.05, 0) is 19.8 Å². The van der Waals surface area contributed by atoms with Crippen molar-refractivity contribution < 1.29 is 19.1 Å². The first-order chi connectivity index (χ1) is 10.1. The molecule has 1 aromatic rings. The van der Waals surface area contributed by atoms with Crippen LogP contribution in [-0.2, 0) is 9.47 Å². The van der Waals surface area contributed by atoms with Crippen molar-refractivity contribution in [3.8, 4) is 0 Å². The van der Waals surface area contributed by atoms with E-state index in [4.69, 9.17) is 9.47 Å². The van der Waals surface area contributed by atoms with Gasteiger partial charge in [0, 0.05) is 20.0 Å². The van der Waals surface area contributed by atoms with Gasteiger partial charge in [0.15, 0.2) is 16.6 Å². The van der Waals surface area contributed by atoms with E-state index in [0.29, 0.717) is 10.0 Å². The van der Waals surface area contributed by atoms with Gasteiger partial charge in [0.25, 0.3) is 0 Å². The largest absolute Gasteiger partial charge is 0.461 e. The van der Waals surface area contributed by atoms with Crippen molar-refractivity contribution in [1.29, 1.82) is 0 Å². The maximum absolute atomic E-state index is 11.9. The van der Waals surface area contributed by atoms with Crippen LogP contribution in [0.1, 0.15) is 46.8 Å². The standard InChI is InChI=1S/C14H18N2O4S/c1-3-19-13(18)11-12(8(2)17)21-14(15-11)16-6-9-4-5-10(7-16)20-9/h9-10H,3-7H2,1-2H3. The number of thiazole rings is 1. The third-order valence-corrected chi connectivity index (χ3v) is 4.94. The molecule has 0 radical (unpaired) electrons. The summed E-state index contributed by atoms with van der Waals surface area (Å²) in [5.41, 5.74) is 0.142. The number of hydrogen-bond acceptors (Lipinski definition) is 7. The molecule has 0 aliphatic carbocycles. The van der Waals surface area contributed by atoms with Gasteiger partial charge in [0.2, 0.25) is 0 Å². The molecule has 0 aromatic carbocycles. The highest BCUT2D eigenvalue weighted by atomic mass is 32.1. The summed E-state index contributed by atoms with van der Waals surface area (Å²) in [6, 6.07) is 0. The molecule has 2 unspecified atom stereocenters. The fraction of sp³-hybridized carbons (Fsp3) is 0.643. The molecule has 0 saturated carbocycles. The molecule has 2 fully saturated rings. The van der Waals surface area contributed by atoms with E-state index in [1.807, 2.05) is 0 Å². The maximum atomic E-state index is 11.9. The minimum Gasteiger partial charge on any atom is -0.461 e. The van der Waals surface area contributed by atoms with E-state index in [-0.39, 0.29) is 30.3 Å². The Balaban J connectivity index is 1.87. The molecule has 1 aromatic heterocycles. The molecule has 2 aliphatic heterocycles. The van der Waals surface area contributed by atoms with Gasteiger partial charge < -0.3 is 14.4 Å². The minimum atomic E-state index is -0.526. The molecule has 2 atom stereocenters. The zero-order chi connectivity index (χ0) is 15.0. The van der Waals surface area contributed by atoms with E-state index in [0.717, 1.165) is 25.9 Å². The summed E-state index contributed by atoms with van der Waals surface area (Å²) in [7, 11) is 0. The SMILES string of the molecule is CCOC(=O)c1nc(N2CC3CCC(C2)O3)sc1C(C)=O. The molecule has 114 valence electrons. The predicted octanol–water partition coefficient (Wildman–Crippen LogP) is 1.89. The van der Waals surface area contributed by atoms with Crippen LogP contribution in [0, 0.1) is 0 Å². The van der Waals surface area contributed by atoms with Crippen molar-refractivity contribution in [1.82, 2.24) is 4.98 Å². The quantitative estimate of drug-likeness (QED) is 0.625. The van der Waals surface area contributed by atoms with E-state index >= 15 is 0 Å². The van der Waals surface area contributed by atoms with Gasteiger partial charge in [-0.2, -0.15) is 0 Å². The normalized spacial score (nSPS) is 24.2. The summed E-state index contributed by atoms with van der Waals surface area (Å²) in [5, 5.41) is 0.712. The lowest BCUT2D eigenvalue weighted by molar-refractivity contribution is 0.0304. The van der Waals surface area contributed by atoms with Crippen LogP contribution in [0.15, 0.2) is 0 Å². The van der Waals surface area contributed by atoms with Gasteiger partial charge in [-0.3, -0.25) is 4.79 Å². The number of rotatable bonds is 4. The summed E-state index contributed by atoms with van der Waals surface area (Å²) in [5.74, 6) is -0.681. The van der Waals surface area contributed by atoms with Crippen molar-refractivity contribution in [2.24, 2.45) is 0 Å². The molecule has 0 spiro atoms. The Morgan fingerprint density at radius 3 is 2.62 bits per heavy atom. The maximum Gasteiger partial charge on any atom is 0.358 e. The molecular formula is C14H18N2O4S. The monoisotopic (exact) mass is 310 g/mol. The number of esters is 1. The van der Waals surface area contributed by atoms with E-state index in [1.165, 1.54) is 18.3 Å². The van der Waals surface area contributed by atoms with Crippen molar-refractivity contribution in [2.75, 3.05) is 24.6 Å². The number of nitrogens with zero attached hydrogens (tertiary/aromatic N) is 2. The first-order valence-corrected chi connectivity index (χ1v) is 7.99. The fourth-order valence-electron chi connectivity index (χ4n) is 2.79. The molecule has 3 heterocycles. The van der Waals surface area contributed by atoms with E-state index in [2.05, 4.69) is 9.88 Å². The number of morpholine rings is 1. The number of Topliss-reactive ketones (excluding diaryl/α,β-unsaturated/α-hetero) is 1. The molecule has 2 bridgehead atoms. The van der Waals surface area contributed by atoms with Crippen LogP contribution in [-0.4, -0.2) is 48.6 Å². The van der Waals surface area contributed by atoms with Crippen LogP contribution < -0.4 is 4.90 Å². The molecular weight excluding hydrogens is 292 g/mol. The van der Waals surface area contributed by atoms with Crippen LogP contribution >= 0.6 is 11.3 Å². The Morgan fingerprint density at radius 1 is 1.38 bits per heavy atom. The average molecular weight is 310 g/mol. The molecule has 7 heteroatoms. The van der Waals surface area contributed by atoms with Crippen LogP contribution in [0.5, 0.6) is 0 Å². The summed E-state index contributed by atoms with van der Waals surface area (Å²) >= 11 is 1.27. The topological polar surface area (TPSA) is 68.7 Å². The number of anilines is 1. The molecule has 2 saturated heterocycles. The Kier molecular flexibility index (Phi) is 3.95. The van der Waals surface area contributed by atoms with Gasteiger partial charge in [0.1, 0.15) is 4.88 Å². The smallest absolute Gasteiger partial charge is 0.358 e. The lowest BCUT2D eigenvalue weighted by Gasteiger charge is -2.31. The Morgan fingerprint density at radius 2 is 2.05 bits per heavy atom. The number of ether oxygens (including phenoxy) is 2. The van der Waals surface area contributed by atoms with E-state index in [1.54, 1.807) is 6.92 Å². The summed E-state index contributed by atoms with van der Waals surface area (Å²) in [6.45, 7) is 4.99. The number of aromatic nitrogens is 1. The molecule has 6 nitrogen and oxygen atoms in total. The van der Waals surface area contributed by atoms with Gasteiger partial charge >= 0.3 is 5.97 Å². The molecule has 0 amide bonds. The zero-order valence-corrected chi connectivity index (χ0v) is 12.9. The highest BCUT2D eigenvalue weighted by Gasteiger charge is 2.36. The first-order valence-electron chi connectivity index (χ1n) is 7.17. The van der Waals surface area contributed by atoms with Crippen molar-refractivity contribution in [2.45, 2.75) is 38.9 Å². The second kappa shape index (κ2) is 5.73. The second-order valence-corrected chi connectivity index (χ2v) is 6.29. The van der Waals surface area contributed by atoms with Crippen LogP contribution in [0.3, 0.4) is 0 Å². The molecule has 0 N–H and O–H groups in total. The highest BCUT2D eigenvalue weighted by molar-refractivity contribution is 7.17. The first kappa shape index (κ1) is 14.5. The second-order valence-electron chi connectivity index (χ2n) is 5.31. The number of hydrogen-bond donors (Lipinski definition) is 0. The number of carbonyl (C=O) groups excluding carboxylic acids is 2. The number of ketones is 1. The zero-order valence-electron chi connectivity index (χ0n) is 12.1. The third kappa shape index (κ3) is 2.80. The molecule has 21 heavy (non-hydrogen) atoms. The van der Waals surface area contributed by atoms with Gasteiger partial charge in [-0.1, -0.05) is 11.3 Å². The highest BCUT2D eigenvalue weighted by Crippen LogP contribution is 2.33. The van der Waals surface area contributed by atoms with Crippen LogP contribution in [0.25, 0.3) is 0 Å². The van der Waals surface area contributed by atoms with Crippen molar-refractivity contribution in [3.63, 3.8) is 0 Å². The number of fused-ring (bicyclic) bond motifs is 2. The minimum absolute atomic E-state index is 0.142. The predicted molar refractivity (Wildman–Crippen MR) is 78.2 cm³/mol. The summed E-state index contributed by atoms with van der Waals surface area (Å²) in [4.78, 5) is 30.5. The lowest BCUT2D eigenvalue weighted by Crippen LogP contribution is -2.42. The molecule has 2 aliphatic rings. The van der Waals surface area contributed by atoms with Crippen LogP contribution in [0.4, 0.5) is 5.13 Å². The van der Waals surface area contributed by atoms with Gasteiger partial charge in [-0.25, -0.2) is 9.78 Å².